The molecule has 0 atom stereocenters. The molecule has 90 valence electrons. The highest BCUT2D eigenvalue weighted by Crippen LogP contribution is 2.34. The Labute approximate surface area is 102 Å². The van der Waals surface area contributed by atoms with Crippen LogP contribution < -0.4 is 5.32 Å². The lowest BCUT2D eigenvalue weighted by Crippen LogP contribution is -2.11. The molecule has 0 unspecified atom stereocenters. The Balaban J connectivity index is 2.02. The van der Waals surface area contributed by atoms with Gasteiger partial charge in [0.1, 0.15) is 0 Å². The monoisotopic (exact) mass is 238 g/mol. The van der Waals surface area contributed by atoms with E-state index in [9.17, 15) is 0 Å². The van der Waals surface area contributed by atoms with Crippen molar-refractivity contribution in [2.45, 2.75) is 52.5 Å². The van der Waals surface area contributed by atoms with Crippen LogP contribution in [0.1, 0.15) is 48.7 Å². The minimum atomic E-state index is 0.951. The summed E-state index contributed by atoms with van der Waals surface area (Å²) >= 11 is 1.93. The van der Waals surface area contributed by atoms with Crippen LogP contribution in [0.4, 0.5) is 0 Å². The molecule has 0 amide bonds. The first-order chi connectivity index (χ1) is 7.83. The van der Waals surface area contributed by atoms with Gasteiger partial charge < -0.3 is 5.32 Å². The van der Waals surface area contributed by atoms with Gasteiger partial charge in [-0.2, -0.15) is 0 Å². The quantitative estimate of drug-likeness (QED) is 0.789. The van der Waals surface area contributed by atoms with Gasteiger partial charge in [-0.15, -0.1) is 11.3 Å². The Morgan fingerprint density at radius 2 is 2.19 bits per heavy atom. The third kappa shape index (κ3) is 3.29. The number of aryl methyl sites for hydroxylation is 1. The van der Waals surface area contributed by atoms with Crippen LogP contribution in [0.25, 0.3) is 0 Å². The molecule has 1 aliphatic rings. The zero-order valence-electron chi connectivity index (χ0n) is 10.4. The van der Waals surface area contributed by atoms with Crippen LogP contribution >= 0.6 is 11.3 Å². The third-order valence-corrected chi connectivity index (χ3v) is 4.13. The first kappa shape index (κ1) is 12.1. The van der Waals surface area contributed by atoms with Gasteiger partial charge in [-0.05, 0) is 31.7 Å². The van der Waals surface area contributed by atoms with E-state index in [0.717, 1.165) is 25.4 Å². The highest BCUT2D eigenvalue weighted by molar-refractivity contribution is 7.11. The largest absolute Gasteiger partial charge is 0.312 e. The summed E-state index contributed by atoms with van der Waals surface area (Å²) in [6, 6.07) is 0. The van der Waals surface area contributed by atoms with Gasteiger partial charge in [0.25, 0.3) is 0 Å². The molecular weight excluding hydrogens is 216 g/mol. The summed E-state index contributed by atoms with van der Waals surface area (Å²) in [6.07, 6.45) is 6.41. The van der Waals surface area contributed by atoms with E-state index in [1.54, 1.807) is 0 Å². The SMILES string of the molecule is CCCc1nc(CC2CC2)sc1CNCC. The Bertz CT molecular complexity index is 329. The average molecular weight is 238 g/mol. The van der Waals surface area contributed by atoms with Crippen LogP contribution in [0.3, 0.4) is 0 Å². The van der Waals surface area contributed by atoms with Crippen molar-refractivity contribution in [3.8, 4) is 0 Å². The van der Waals surface area contributed by atoms with E-state index in [-0.39, 0.29) is 0 Å². The van der Waals surface area contributed by atoms with Crippen molar-refractivity contribution in [2.24, 2.45) is 5.92 Å². The second-order valence-electron chi connectivity index (χ2n) is 4.66. The van der Waals surface area contributed by atoms with Gasteiger partial charge in [-0.1, -0.05) is 20.3 Å². The topological polar surface area (TPSA) is 24.9 Å². The second kappa shape index (κ2) is 5.78. The van der Waals surface area contributed by atoms with Crippen LogP contribution in [0.2, 0.25) is 0 Å². The predicted octanol–water partition coefficient (Wildman–Crippen LogP) is 3.16. The molecule has 0 aliphatic heterocycles. The van der Waals surface area contributed by atoms with E-state index in [1.807, 2.05) is 11.3 Å². The van der Waals surface area contributed by atoms with Crippen molar-refractivity contribution in [1.82, 2.24) is 10.3 Å². The molecule has 1 N–H and O–H groups in total. The van der Waals surface area contributed by atoms with Crippen molar-refractivity contribution in [1.29, 1.82) is 0 Å². The van der Waals surface area contributed by atoms with Crippen LogP contribution in [-0.4, -0.2) is 11.5 Å². The molecule has 1 aliphatic carbocycles. The van der Waals surface area contributed by atoms with E-state index in [0.29, 0.717) is 0 Å². The molecule has 0 aromatic carbocycles. The highest BCUT2D eigenvalue weighted by Gasteiger charge is 2.23. The molecule has 1 saturated carbocycles. The van der Waals surface area contributed by atoms with Gasteiger partial charge in [0.2, 0.25) is 0 Å². The van der Waals surface area contributed by atoms with E-state index >= 15 is 0 Å². The number of aromatic nitrogens is 1. The summed E-state index contributed by atoms with van der Waals surface area (Å²) in [5.41, 5.74) is 1.35. The molecule has 3 heteroatoms. The summed E-state index contributed by atoms with van der Waals surface area (Å²) < 4.78 is 0. The molecular formula is C13H22N2S. The molecule has 0 radical (unpaired) electrons. The molecule has 16 heavy (non-hydrogen) atoms. The fraction of sp³-hybridized carbons (Fsp3) is 0.769. The smallest absolute Gasteiger partial charge is 0.0934 e. The van der Waals surface area contributed by atoms with Crippen LogP contribution in [0.5, 0.6) is 0 Å². The number of thiazole rings is 1. The second-order valence-corrected chi connectivity index (χ2v) is 5.82. The summed E-state index contributed by atoms with van der Waals surface area (Å²) in [5.74, 6) is 0.951. The number of nitrogens with one attached hydrogen (secondary N) is 1. The average Bonchev–Trinajstić information content (AvgIpc) is 2.99. The minimum absolute atomic E-state index is 0.951. The van der Waals surface area contributed by atoms with E-state index < -0.39 is 0 Å². The Hall–Kier alpha value is -0.410. The molecule has 2 rings (SSSR count). The maximum atomic E-state index is 4.81. The molecule has 1 aromatic rings. The minimum Gasteiger partial charge on any atom is -0.312 e. The molecule has 2 nitrogen and oxygen atoms in total. The molecule has 0 bridgehead atoms. The summed E-state index contributed by atoms with van der Waals surface area (Å²) in [4.78, 5) is 6.28. The van der Waals surface area contributed by atoms with E-state index in [1.165, 1.54) is 41.3 Å². The van der Waals surface area contributed by atoms with Gasteiger partial charge in [0.15, 0.2) is 0 Å². The first-order valence-corrected chi connectivity index (χ1v) is 7.33. The molecule has 0 spiro atoms. The lowest BCUT2D eigenvalue weighted by atomic mass is 10.2. The molecule has 0 saturated heterocycles. The molecule has 1 aromatic heterocycles. The van der Waals surface area contributed by atoms with Gasteiger partial charge in [0.05, 0.1) is 10.7 Å². The lowest BCUT2D eigenvalue weighted by molar-refractivity contribution is 0.722. The maximum Gasteiger partial charge on any atom is 0.0934 e. The highest BCUT2D eigenvalue weighted by atomic mass is 32.1. The van der Waals surface area contributed by atoms with E-state index in [2.05, 4.69) is 19.2 Å². The van der Waals surface area contributed by atoms with Crippen molar-refractivity contribution in [3.05, 3.63) is 15.6 Å². The number of nitrogens with zero attached hydrogens (tertiary/aromatic N) is 1. The Kier molecular flexibility index (Phi) is 4.36. The fourth-order valence-corrected chi connectivity index (χ4v) is 3.10. The standard InChI is InChI=1S/C13H22N2S/c1-3-5-11-12(9-14-4-2)16-13(15-11)8-10-6-7-10/h10,14H,3-9H2,1-2H3. The fourth-order valence-electron chi connectivity index (χ4n) is 1.90. The van der Waals surface area contributed by atoms with E-state index in [4.69, 9.17) is 4.98 Å². The van der Waals surface area contributed by atoms with Crippen molar-refractivity contribution >= 4 is 11.3 Å². The summed E-state index contributed by atoms with van der Waals surface area (Å²) in [6.45, 7) is 6.44. The zero-order valence-corrected chi connectivity index (χ0v) is 11.2. The van der Waals surface area contributed by atoms with Gasteiger partial charge >= 0.3 is 0 Å². The summed E-state index contributed by atoms with van der Waals surface area (Å²) in [5, 5.41) is 4.79. The predicted molar refractivity (Wildman–Crippen MR) is 69.9 cm³/mol. The van der Waals surface area contributed by atoms with Crippen molar-refractivity contribution < 1.29 is 0 Å². The third-order valence-electron chi connectivity index (χ3n) is 3.01. The van der Waals surface area contributed by atoms with Crippen LogP contribution in [-0.2, 0) is 19.4 Å². The normalized spacial score (nSPS) is 15.6. The molecule has 1 fully saturated rings. The van der Waals surface area contributed by atoms with Gasteiger partial charge in [0, 0.05) is 17.8 Å². The van der Waals surface area contributed by atoms with Gasteiger partial charge in [-0.3, -0.25) is 0 Å². The van der Waals surface area contributed by atoms with Crippen molar-refractivity contribution in [3.63, 3.8) is 0 Å². The van der Waals surface area contributed by atoms with Gasteiger partial charge in [-0.25, -0.2) is 4.98 Å². The van der Waals surface area contributed by atoms with Crippen LogP contribution in [0.15, 0.2) is 0 Å². The van der Waals surface area contributed by atoms with Crippen molar-refractivity contribution in [2.75, 3.05) is 6.54 Å². The molecule has 1 heterocycles. The van der Waals surface area contributed by atoms with Crippen LogP contribution in [0, 0.1) is 5.92 Å². The first-order valence-electron chi connectivity index (χ1n) is 6.51. The number of hydrogen-bond donors (Lipinski definition) is 1. The number of hydrogen-bond acceptors (Lipinski definition) is 3. The Morgan fingerprint density at radius 1 is 1.38 bits per heavy atom. The maximum absolute atomic E-state index is 4.81. The Morgan fingerprint density at radius 3 is 2.81 bits per heavy atom. The summed E-state index contributed by atoms with van der Waals surface area (Å²) in [7, 11) is 0. The zero-order chi connectivity index (χ0) is 11.4. The lowest BCUT2D eigenvalue weighted by Gasteiger charge is -2.00. The number of rotatable bonds is 7.